The lowest BCUT2D eigenvalue weighted by molar-refractivity contribution is -0.116. The van der Waals surface area contributed by atoms with E-state index in [1.807, 2.05) is 6.92 Å². The summed E-state index contributed by atoms with van der Waals surface area (Å²) in [4.78, 5) is 15.8. The average molecular weight is 303 g/mol. The first-order valence-corrected chi connectivity index (χ1v) is 7.06. The number of amides is 1. The Hall–Kier alpha value is -0.840. The van der Waals surface area contributed by atoms with Gasteiger partial charge in [-0.1, -0.05) is 23.2 Å². The van der Waals surface area contributed by atoms with Crippen molar-refractivity contribution in [1.82, 2.24) is 4.98 Å². The van der Waals surface area contributed by atoms with Crippen molar-refractivity contribution in [1.29, 1.82) is 0 Å². The van der Waals surface area contributed by atoms with Gasteiger partial charge in [0.1, 0.15) is 5.15 Å². The number of anilines is 1. The summed E-state index contributed by atoms with van der Waals surface area (Å²) in [7, 11) is 0. The molecule has 0 saturated carbocycles. The minimum Gasteiger partial charge on any atom is -0.378 e. The van der Waals surface area contributed by atoms with Crippen LogP contribution in [0.3, 0.4) is 0 Å². The van der Waals surface area contributed by atoms with Gasteiger partial charge in [0, 0.05) is 13.0 Å². The van der Waals surface area contributed by atoms with Gasteiger partial charge < -0.3 is 10.1 Å². The van der Waals surface area contributed by atoms with Crippen LogP contribution in [0.15, 0.2) is 6.07 Å². The molecule has 1 aliphatic rings. The molecule has 1 amide bonds. The van der Waals surface area contributed by atoms with E-state index in [2.05, 4.69) is 10.3 Å². The number of aromatic nitrogens is 1. The van der Waals surface area contributed by atoms with E-state index in [1.54, 1.807) is 6.07 Å². The van der Waals surface area contributed by atoms with Crippen LogP contribution in [0.4, 0.5) is 5.69 Å². The van der Waals surface area contributed by atoms with E-state index in [4.69, 9.17) is 27.9 Å². The zero-order chi connectivity index (χ0) is 13.8. The normalized spacial score (nSPS) is 18.6. The number of halogens is 2. The molecule has 0 radical (unpaired) electrons. The largest absolute Gasteiger partial charge is 0.378 e. The number of nitrogens with one attached hydrogen (secondary N) is 1. The summed E-state index contributed by atoms with van der Waals surface area (Å²) in [5.74, 6) is -0.0791. The van der Waals surface area contributed by atoms with Crippen LogP contribution in [0.1, 0.15) is 31.2 Å². The van der Waals surface area contributed by atoms with Gasteiger partial charge in [-0.2, -0.15) is 0 Å². The molecular weight excluding hydrogens is 287 g/mol. The monoisotopic (exact) mass is 302 g/mol. The highest BCUT2D eigenvalue weighted by Crippen LogP contribution is 2.27. The zero-order valence-electron chi connectivity index (χ0n) is 10.7. The lowest BCUT2D eigenvalue weighted by Crippen LogP contribution is -2.16. The Morgan fingerprint density at radius 2 is 2.37 bits per heavy atom. The highest BCUT2D eigenvalue weighted by molar-refractivity contribution is 6.34. The number of nitrogens with zero attached hydrogens (tertiary/aromatic N) is 1. The first-order chi connectivity index (χ1) is 9.06. The molecule has 2 heterocycles. The Morgan fingerprint density at radius 1 is 1.58 bits per heavy atom. The number of hydrogen-bond donors (Lipinski definition) is 1. The first kappa shape index (κ1) is 14.6. The number of carbonyl (C=O) groups is 1. The van der Waals surface area contributed by atoms with Crippen LogP contribution in [0.5, 0.6) is 0 Å². The average Bonchev–Trinajstić information content (AvgIpc) is 2.84. The summed E-state index contributed by atoms with van der Waals surface area (Å²) in [6.45, 7) is 2.63. The highest BCUT2D eigenvalue weighted by Gasteiger charge is 2.17. The fourth-order valence-corrected chi connectivity index (χ4v) is 2.69. The lowest BCUT2D eigenvalue weighted by atomic mass is 10.1. The van der Waals surface area contributed by atoms with E-state index in [9.17, 15) is 4.79 Å². The Bertz CT molecular complexity index is 451. The van der Waals surface area contributed by atoms with E-state index >= 15 is 0 Å². The van der Waals surface area contributed by atoms with Crippen molar-refractivity contribution in [2.24, 2.45) is 0 Å². The van der Waals surface area contributed by atoms with Crippen molar-refractivity contribution in [2.45, 2.75) is 38.7 Å². The van der Waals surface area contributed by atoms with Crippen molar-refractivity contribution in [3.63, 3.8) is 0 Å². The molecule has 0 spiro atoms. The number of rotatable bonds is 4. The molecule has 1 atom stereocenters. The summed E-state index contributed by atoms with van der Waals surface area (Å²) in [5, 5.41) is 3.32. The van der Waals surface area contributed by atoms with Gasteiger partial charge in [0.2, 0.25) is 5.91 Å². The summed E-state index contributed by atoms with van der Waals surface area (Å²) < 4.78 is 5.48. The van der Waals surface area contributed by atoms with Gasteiger partial charge in [0.25, 0.3) is 0 Å². The molecule has 4 nitrogen and oxygen atoms in total. The Balaban J connectivity index is 1.91. The maximum atomic E-state index is 11.9. The molecule has 104 valence electrons. The third-order valence-corrected chi connectivity index (χ3v) is 3.59. The fraction of sp³-hybridized carbons (Fsp3) is 0.538. The Kier molecular flexibility index (Phi) is 5.02. The van der Waals surface area contributed by atoms with Crippen LogP contribution in [0.2, 0.25) is 10.3 Å². The van der Waals surface area contributed by atoms with Crippen molar-refractivity contribution in [3.8, 4) is 0 Å². The van der Waals surface area contributed by atoms with Crippen LogP contribution in [-0.4, -0.2) is 23.6 Å². The molecule has 0 bridgehead atoms. The summed E-state index contributed by atoms with van der Waals surface area (Å²) in [6, 6.07) is 1.67. The SMILES string of the molecule is Cc1cc(Cl)nc(Cl)c1NC(=O)CCC1CCCO1. The fourth-order valence-electron chi connectivity index (χ4n) is 2.11. The standard InChI is InChI=1S/C13H16Cl2N2O2/c1-8-7-10(14)16-13(15)12(8)17-11(18)5-4-9-3-2-6-19-9/h7,9H,2-6H2,1H3,(H,17,18). The Labute approximate surface area is 122 Å². The minimum atomic E-state index is -0.0791. The van der Waals surface area contributed by atoms with Gasteiger partial charge in [-0.05, 0) is 37.8 Å². The molecular formula is C13H16Cl2N2O2. The van der Waals surface area contributed by atoms with E-state index in [-0.39, 0.29) is 17.2 Å². The van der Waals surface area contributed by atoms with Crippen LogP contribution >= 0.6 is 23.2 Å². The second kappa shape index (κ2) is 6.55. The summed E-state index contributed by atoms with van der Waals surface area (Å²) >= 11 is 11.8. The second-order valence-corrected chi connectivity index (χ2v) is 5.39. The van der Waals surface area contributed by atoms with Gasteiger partial charge in [-0.25, -0.2) is 4.98 Å². The van der Waals surface area contributed by atoms with Crippen LogP contribution < -0.4 is 5.32 Å². The smallest absolute Gasteiger partial charge is 0.224 e. The molecule has 1 aliphatic heterocycles. The summed E-state index contributed by atoms with van der Waals surface area (Å²) in [5.41, 5.74) is 1.33. The highest BCUT2D eigenvalue weighted by atomic mass is 35.5. The van der Waals surface area contributed by atoms with Gasteiger partial charge in [-0.3, -0.25) is 4.79 Å². The zero-order valence-corrected chi connectivity index (χ0v) is 12.2. The predicted octanol–water partition coefficient (Wildman–Crippen LogP) is 3.59. The van der Waals surface area contributed by atoms with Gasteiger partial charge in [0.15, 0.2) is 5.15 Å². The van der Waals surface area contributed by atoms with E-state index < -0.39 is 0 Å². The lowest BCUT2D eigenvalue weighted by Gasteiger charge is -2.12. The van der Waals surface area contributed by atoms with Crippen molar-refractivity contribution in [3.05, 3.63) is 21.9 Å². The maximum absolute atomic E-state index is 11.9. The van der Waals surface area contributed by atoms with Crippen LogP contribution in [0.25, 0.3) is 0 Å². The first-order valence-electron chi connectivity index (χ1n) is 6.30. The third kappa shape index (κ3) is 4.06. The number of ether oxygens (including phenoxy) is 1. The molecule has 2 rings (SSSR count). The van der Waals surface area contributed by atoms with Crippen molar-refractivity contribution in [2.75, 3.05) is 11.9 Å². The molecule has 19 heavy (non-hydrogen) atoms. The van der Waals surface area contributed by atoms with Crippen LogP contribution in [0, 0.1) is 6.92 Å². The maximum Gasteiger partial charge on any atom is 0.224 e. The summed E-state index contributed by atoms with van der Waals surface area (Å²) in [6.07, 6.45) is 3.49. The van der Waals surface area contributed by atoms with Gasteiger partial charge in [0.05, 0.1) is 11.8 Å². The van der Waals surface area contributed by atoms with Gasteiger partial charge >= 0.3 is 0 Å². The quantitative estimate of drug-likeness (QED) is 0.865. The van der Waals surface area contributed by atoms with E-state index in [0.29, 0.717) is 17.3 Å². The van der Waals surface area contributed by atoms with E-state index in [0.717, 1.165) is 31.4 Å². The van der Waals surface area contributed by atoms with Crippen molar-refractivity contribution < 1.29 is 9.53 Å². The predicted molar refractivity (Wildman–Crippen MR) is 75.8 cm³/mol. The molecule has 1 aromatic rings. The Morgan fingerprint density at radius 3 is 3.00 bits per heavy atom. The molecule has 0 aliphatic carbocycles. The number of aryl methyl sites for hydroxylation is 1. The minimum absolute atomic E-state index is 0.0791. The molecule has 0 aromatic carbocycles. The molecule has 1 fully saturated rings. The second-order valence-electron chi connectivity index (χ2n) is 4.65. The molecule has 1 N–H and O–H groups in total. The van der Waals surface area contributed by atoms with Gasteiger partial charge in [-0.15, -0.1) is 0 Å². The number of carbonyl (C=O) groups excluding carboxylic acids is 1. The molecule has 1 aromatic heterocycles. The van der Waals surface area contributed by atoms with Crippen molar-refractivity contribution >= 4 is 34.8 Å². The van der Waals surface area contributed by atoms with Crippen LogP contribution in [-0.2, 0) is 9.53 Å². The topological polar surface area (TPSA) is 51.2 Å². The molecule has 6 heteroatoms. The number of pyridine rings is 1. The third-order valence-electron chi connectivity index (χ3n) is 3.12. The number of hydrogen-bond acceptors (Lipinski definition) is 3. The van der Waals surface area contributed by atoms with E-state index in [1.165, 1.54) is 0 Å². The molecule has 1 unspecified atom stereocenters. The molecule has 1 saturated heterocycles.